The first kappa shape index (κ1) is 24.6. The van der Waals surface area contributed by atoms with Gasteiger partial charge < -0.3 is 10.1 Å². The van der Waals surface area contributed by atoms with Crippen LogP contribution >= 0.6 is 0 Å². The minimum absolute atomic E-state index is 0.158. The molecule has 0 atom stereocenters. The second kappa shape index (κ2) is 10.9. The number of aromatic nitrogens is 2. The lowest BCUT2D eigenvalue weighted by molar-refractivity contribution is 0.0975. The van der Waals surface area contributed by atoms with Crippen LogP contribution in [0.15, 0.2) is 71.7 Å². The summed E-state index contributed by atoms with van der Waals surface area (Å²) in [6, 6.07) is 15.9. The third-order valence-corrected chi connectivity index (χ3v) is 5.26. The zero-order valence-corrected chi connectivity index (χ0v) is 19.0. The summed E-state index contributed by atoms with van der Waals surface area (Å²) >= 11 is 0. The lowest BCUT2D eigenvalue weighted by atomic mass is 10.1. The average molecular weight is 496 g/mol. The van der Waals surface area contributed by atoms with Crippen molar-refractivity contribution in [3.63, 3.8) is 0 Å². The van der Waals surface area contributed by atoms with Gasteiger partial charge in [0.2, 0.25) is 0 Å². The summed E-state index contributed by atoms with van der Waals surface area (Å²) in [6.45, 7) is 0. The number of H-pyrrole nitrogens is 1. The minimum Gasteiger partial charge on any atom is -0.497 e. The monoisotopic (exact) mass is 496 g/mol. The topological polar surface area (TPSA) is 79.4 Å². The first-order valence-corrected chi connectivity index (χ1v) is 10.8. The fourth-order valence-electron chi connectivity index (χ4n) is 3.41. The molecule has 10 heteroatoms. The van der Waals surface area contributed by atoms with Crippen LogP contribution < -0.4 is 10.1 Å². The second-order valence-electron chi connectivity index (χ2n) is 7.76. The fraction of sp³-hybridized carbons (Fsp3) is 0.115. The highest BCUT2D eigenvalue weighted by Gasteiger charge is 2.17. The Morgan fingerprint density at radius 2 is 1.72 bits per heavy atom. The third kappa shape index (κ3) is 5.96. The van der Waals surface area contributed by atoms with E-state index >= 15 is 0 Å². The zero-order chi connectivity index (χ0) is 25.7. The van der Waals surface area contributed by atoms with Crippen molar-refractivity contribution in [3.8, 4) is 17.0 Å². The lowest BCUT2D eigenvalue weighted by Crippen LogP contribution is -2.31. The van der Waals surface area contributed by atoms with E-state index in [2.05, 4.69) is 20.5 Å². The minimum atomic E-state index is -1.66. The van der Waals surface area contributed by atoms with Gasteiger partial charge in [-0.2, -0.15) is 5.10 Å². The van der Waals surface area contributed by atoms with Crippen molar-refractivity contribution in [2.75, 3.05) is 7.11 Å². The van der Waals surface area contributed by atoms with Gasteiger partial charge in [0.1, 0.15) is 17.4 Å². The van der Waals surface area contributed by atoms with Crippen molar-refractivity contribution in [1.29, 1.82) is 0 Å². The number of nitrogens with zero attached hydrogens (tertiary/aromatic N) is 2. The van der Waals surface area contributed by atoms with Crippen LogP contribution in [-0.4, -0.2) is 29.0 Å². The van der Waals surface area contributed by atoms with E-state index < -0.39 is 28.9 Å². The maximum Gasteiger partial charge on any atom is 0.256 e. The Hall–Kier alpha value is -4.47. The highest BCUT2D eigenvalue weighted by atomic mass is 19.2. The van der Waals surface area contributed by atoms with Crippen LogP contribution in [0.2, 0.25) is 0 Å². The second-order valence-corrected chi connectivity index (χ2v) is 7.76. The summed E-state index contributed by atoms with van der Waals surface area (Å²) in [5.74, 6) is -4.85. The molecule has 2 N–H and O–H groups in total. The van der Waals surface area contributed by atoms with Crippen LogP contribution in [0.3, 0.4) is 0 Å². The Bertz CT molecular complexity index is 1390. The van der Waals surface area contributed by atoms with Crippen molar-refractivity contribution in [1.82, 2.24) is 15.5 Å². The molecule has 1 amide bonds. The van der Waals surface area contributed by atoms with E-state index in [1.54, 1.807) is 31.4 Å². The van der Waals surface area contributed by atoms with Crippen molar-refractivity contribution in [2.45, 2.75) is 12.8 Å². The van der Waals surface area contributed by atoms with Crippen molar-refractivity contribution < 1.29 is 27.1 Å². The van der Waals surface area contributed by atoms with Crippen molar-refractivity contribution in [2.24, 2.45) is 4.99 Å². The first-order valence-electron chi connectivity index (χ1n) is 10.8. The smallest absolute Gasteiger partial charge is 0.256 e. The predicted molar refractivity (Wildman–Crippen MR) is 126 cm³/mol. The number of hydrogen-bond donors (Lipinski definition) is 2. The molecule has 0 radical (unpaired) electrons. The lowest BCUT2D eigenvalue weighted by Gasteiger charge is -2.10. The summed E-state index contributed by atoms with van der Waals surface area (Å²) in [7, 11) is 1.55. The first-order chi connectivity index (χ1) is 17.3. The molecule has 1 heterocycles. The van der Waals surface area contributed by atoms with Gasteiger partial charge >= 0.3 is 0 Å². The van der Waals surface area contributed by atoms with Crippen molar-refractivity contribution >= 4 is 17.6 Å². The van der Waals surface area contributed by atoms with Gasteiger partial charge in [0.15, 0.2) is 23.3 Å². The number of carbonyl (C=O) groups excluding carboxylic acids is 1. The molecule has 0 spiro atoms. The molecule has 0 saturated carbocycles. The number of amides is 1. The molecule has 36 heavy (non-hydrogen) atoms. The van der Waals surface area contributed by atoms with E-state index in [4.69, 9.17) is 4.74 Å². The molecule has 0 fully saturated rings. The summed E-state index contributed by atoms with van der Waals surface area (Å²) < 4.78 is 59.0. The molecule has 0 aliphatic rings. The summed E-state index contributed by atoms with van der Waals surface area (Å²) in [5, 5.41) is 9.43. The zero-order valence-electron chi connectivity index (χ0n) is 19.0. The van der Waals surface area contributed by atoms with Gasteiger partial charge in [-0.25, -0.2) is 22.6 Å². The Morgan fingerprint density at radius 3 is 2.42 bits per heavy atom. The molecule has 1 aromatic heterocycles. The molecule has 4 aromatic rings. The highest BCUT2D eigenvalue weighted by Crippen LogP contribution is 2.22. The molecule has 0 unspecified atom stereocenters. The van der Waals surface area contributed by atoms with Gasteiger partial charge in [0, 0.05) is 18.1 Å². The number of amidine groups is 1. The van der Waals surface area contributed by atoms with Gasteiger partial charge in [-0.15, -0.1) is 0 Å². The number of aliphatic imine (C=N–C) groups is 1. The summed E-state index contributed by atoms with van der Waals surface area (Å²) in [5.41, 5.74) is 1.72. The number of methoxy groups -OCH3 is 1. The Labute approximate surface area is 203 Å². The van der Waals surface area contributed by atoms with E-state index in [1.807, 2.05) is 18.2 Å². The van der Waals surface area contributed by atoms with Crippen LogP contribution in [-0.2, 0) is 6.42 Å². The van der Waals surface area contributed by atoms with E-state index in [-0.39, 0.29) is 23.9 Å². The SMILES string of the molecule is COc1cccc(CCC(=Nc2cc(-c3ccc(F)cc3)[nH]n2)NC(=O)c2cc(F)c(F)c(F)c2)c1. The highest BCUT2D eigenvalue weighted by molar-refractivity contribution is 6.07. The molecule has 0 aliphatic heterocycles. The molecule has 4 rings (SSSR count). The molecule has 6 nitrogen and oxygen atoms in total. The normalized spacial score (nSPS) is 11.4. The quantitative estimate of drug-likeness (QED) is 0.148. The number of carbonyl (C=O) groups is 1. The molecule has 0 bridgehead atoms. The van der Waals surface area contributed by atoms with Gasteiger partial charge in [0.25, 0.3) is 5.91 Å². The molecular weight excluding hydrogens is 476 g/mol. The maximum atomic E-state index is 13.6. The van der Waals surface area contributed by atoms with Crippen molar-refractivity contribution in [3.05, 3.63) is 101 Å². The Kier molecular flexibility index (Phi) is 7.43. The maximum absolute atomic E-state index is 13.6. The third-order valence-electron chi connectivity index (χ3n) is 5.26. The van der Waals surface area contributed by atoms with Gasteiger partial charge in [-0.05, 0) is 66.1 Å². The number of hydrogen-bond acceptors (Lipinski definition) is 4. The largest absolute Gasteiger partial charge is 0.497 e. The van der Waals surface area contributed by atoms with E-state index in [1.165, 1.54) is 12.1 Å². The number of rotatable bonds is 7. The number of halogens is 4. The number of ether oxygens (including phenoxy) is 1. The molecular formula is C26H20F4N4O2. The van der Waals surface area contributed by atoms with Crippen LogP contribution in [0.25, 0.3) is 11.3 Å². The molecule has 0 aliphatic carbocycles. The number of aryl methyl sites for hydroxylation is 1. The van der Waals surface area contributed by atoms with Crippen LogP contribution in [0.5, 0.6) is 5.75 Å². The van der Waals surface area contributed by atoms with Crippen LogP contribution in [0.1, 0.15) is 22.3 Å². The molecule has 0 saturated heterocycles. The van der Waals surface area contributed by atoms with Crippen LogP contribution in [0, 0.1) is 23.3 Å². The van der Waals surface area contributed by atoms with E-state index in [0.717, 1.165) is 5.56 Å². The van der Waals surface area contributed by atoms with Gasteiger partial charge in [0.05, 0.1) is 12.8 Å². The molecule has 184 valence electrons. The number of benzene rings is 3. The summed E-state index contributed by atoms with van der Waals surface area (Å²) in [6.07, 6.45) is 0.668. The van der Waals surface area contributed by atoms with Gasteiger partial charge in [-0.1, -0.05) is 12.1 Å². The predicted octanol–water partition coefficient (Wildman–Crippen LogP) is 5.73. The number of aromatic amines is 1. The fourth-order valence-corrected chi connectivity index (χ4v) is 3.41. The van der Waals surface area contributed by atoms with Crippen LogP contribution in [0.4, 0.5) is 23.4 Å². The number of nitrogens with one attached hydrogen (secondary N) is 2. The van der Waals surface area contributed by atoms with E-state index in [9.17, 15) is 22.4 Å². The Balaban J connectivity index is 1.60. The van der Waals surface area contributed by atoms with E-state index in [0.29, 0.717) is 35.6 Å². The Morgan fingerprint density at radius 1 is 1.00 bits per heavy atom. The van der Waals surface area contributed by atoms with Gasteiger partial charge in [-0.3, -0.25) is 9.89 Å². The summed E-state index contributed by atoms with van der Waals surface area (Å²) in [4.78, 5) is 17.1. The molecule has 3 aromatic carbocycles. The standard InChI is InChI=1S/C26H20F4N4O2/c1-36-19-4-2-3-15(11-19)5-10-23(32-26(35)17-12-20(28)25(30)21(29)13-17)31-24-14-22(33-34-24)16-6-8-18(27)9-7-16/h2-4,6-9,11-14H,5,10H2,1H3,(H2,31,32,33,34,35). The average Bonchev–Trinajstić information content (AvgIpc) is 3.34.